The first-order valence-electron chi connectivity index (χ1n) is 5.28. The minimum atomic E-state index is 0.762. The number of anilines is 2. The van der Waals surface area contributed by atoms with Gasteiger partial charge in [-0.3, -0.25) is 9.67 Å². The lowest BCUT2D eigenvalue weighted by Gasteiger charge is -2.07. The smallest absolute Gasteiger partial charge is 0.212 e. The molecule has 3 rings (SSSR count). The Morgan fingerprint density at radius 3 is 2.82 bits per heavy atom. The molecule has 5 heteroatoms. The number of rotatable bonds is 3. The maximum atomic E-state index is 4.28. The third kappa shape index (κ3) is 1.90. The van der Waals surface area contributed by atoms with Gasteiger partial charge in [0.25, 0.3) is 0 Å². The molecule has 5 nitrogen and oxygen atoms in total. The molecular formula is C12H11N5. The van der Waals surface area contributed by atoms with Crippen molar-refractivity contribution < 1.29 is 0 Å². The normalized spacial score (nSPS) is 10.4. The van der Waals surface area contributed by atoms with Gasteiger partial charge in [-0.1, -0.05) is 18.2 Å². The second kappa shape index (κ2) is 4.13. The number of aromatic nitrogens is 4. The van der Waals surface area contributed by atoms with Crippen LogP contribution in [-0.4, -0.2) is 19.7 Å². The summed E-state index contributed by atoms with van der Waals surface area (Å²) in [6, 6.07) is 10.0. The van der Waals surface area contributed by atoms with Gasteiger partial charge in [0.2, 0.25) is 5.95 Å². The quantitative estimate of drug-likeness (QED) is 0.719. The van der Waals surface area contributed by atoms with Crippen molar-refractivity contribution in [2.24, 2.45) is 0 Å². The first-order chi connectivity index (χ1) is 8.43. The van der Waals surface area contributed by atoms with E-state index < -0.39 is 0 Å². The minimum absolute atomic E-state index is 0.762. The van der Waals surface area contributed by atoms with Gasteiger partial charge in [-0.05, 0) is 12.1 Å². The molecule has 0 atom stereocenters. The van der Waals surface area contributed by atoms with Crippen LogP contribution < -0.4 is 5.32 Å². The monoisotopic (exact) mass is 225 g/mol. The number of H-pyrrole nitrogens is 1. The van der Waals surface area contributed by atoms with E-state index in [0.717, 1.165) is 17.3 Å². The number of nitrogens with zero attached hydrogens (tertiary/aromatic N) is 3. The van der Waals surface area contributed by atoms with E-state index in [2.05, 4.69) is 20.5 Å². The standard InChI is InChI=1S/C12H11N5/c1-2-4-11(5-3-1)17-7-6-13-12(17)16-10-8-14-15-9-10/h1-9H,(H,13,16)(H,14,15). The molecule has 2 heterocycles. The summed E-state index contributed by atoms with van der Waals surface area (Å²) >= 11 is 0. The van der Waals surface area contributed by atoms with E-state index in [0.29, 0.717) is 0 Å². The van der Waals surface area contributed by atoms with Gasteiger partial charge in [-0.2, -0.15) is 5.10 Å². The highest BCUT2D eigenvalue weighted by Crippen LogP contribution is 2.17. The van der Waals surface area contributed by atoms with Gasteiger partial charge < -0.3 is 5.32 Å². The molecule has 0 fully saturated rings. The highest BCUT2D eigenvalue weighted by molar-refractivity contribution is 5.53. The molecule has 0 aliphatic carbocycles. The van der Waals surface area contributed by atoms with Crippen LogP contribution in [0, 0.1) is 0 Å². The van der Waals surface area contributed by atoms with Crippen molar-refractivity contribution in [3.05, 3.63) is 55.1 Å². The molecule has 84 valence electrons. The summed E-state index contributed by atoms with van der Waals surface area (Å²) < 4.78 is 1.98. The summed E-state index contributed by atoms with van der Waals surface area (Å²) in [6.07, 6.45) is 7.17. The molecule has 0 bridgehead atoms. The molecule has 3 aromatic rings. The van der Waals surface area contributed by atoms with Crippen LogP contribution in [0.4, 0.5) is 11.6 Å². The molecule has 0 aliphatic rings. The number of hydrogen-bond acceptors (Lipinski definition) is 3. The highest BCUT2D eigenvalue weighted by atomic mass is 15.2. The van der Waals surface area contributed by atoms with E-state index in [-0.39, 0.29) is 0 Å². The SMILES string of the molecule is c1ccc(-n2ccnc2Nc2cn[nH]c2)cc1. The van der Waals surface area contributed by atoms with Gasteiger partial charge >= 0.3 is 0 Å². The topological polar surface area (TPSA) is 58.5 Å². The molecule has 0 aliphatic heterocycles. The number of para-hydroxylation sites is 1. The second-order valence-corrected chi connectivity index (χ2v) is 3.57. The van der Waals surface area contributed by atoms with Gasteiger partial charge in [-0.15, -0.1) is 0 Å². The lowest BCUT2D eigenvalue weighted by Crippen LogP contribution is -2.00. The number of benzene rings is 1. The van der Waals surface area contributed by atoms with Crippen LogP contribution >= 0.6 is 0 Å². The van der Waals surface area contributed by atoms with E-state index in [1.807, 2.05) is 41.1 Å². The molecule has 0 saturated carbocycles. The largest absolute Gasteiger partial charge is 0.323 e. The van der Waals surface area contributed by atoms with E-state index in [4.69, 9.17) is 0 Å². The molecule has 17 heavy (non-hydrogen) atoms. The summed E-state index contributed by atoms with van der Waals surface area (Å²) in [5, 5.41) is 9.82. The fourth-order valence-corrected chi connectivity index (χ4v) is 1.64. The summed E-state index contributed by atoms with van der Waals surface area (Å²) in [5.74, 6) is 0.762. The number of nitrogens with one attached hydrogen (secondary N) is 2. The van der Waals surface area contributed by atoms with Crippen LogP contribution in [0.1, 0.15) is 0 Å². The Morgan fingerprint density at radius 2 is 2.06 bits per heavy atom. The molecule has 0 amide bonds. The van der Waals surface area contributed by atoms with Crippen molar-refractivity contribution in [3.8, 4) is 5.69 Å². The predicted octanol–water partition coefficient (Wildman–Crippen LogP) is 2.34. The first-order valence-corrected chi connectivity index (χ1v) is 5.28. The van der Waals surface area contributed by atoms with Crippen LogP contribution in [0.3, 0.4) is 0 Å². The van der Waals surface area contributed by atoms with Gasteiger partial charge in [-0.25, -0.2) is 4.98 Å². The Morgan fingerprint density at radius 1 is 1.18 bits per heavy atom. The summed E-state index contributed by atoms with van der Waals surface area (Å²) in [6.45, 7) is 0. The molecule has 0 spiro atoms. The average molecular weight is 225 g/mol. The van der Waals surface area contributed by atoms with Crippen LogP contribution in [0.25, 0.3) is 5.69 Å². The van der Waals surface area contributed by atoms with Gasteiger partial charge in [0, 0.05) is 24.3 Å². The highest BCUT2D eigenvalue weighted by Gasteiger charge is 2.04. The lowest BCUT2D eigenvalue weighted by atomic mass is 10.3. The zero-order valence-corrected chi connectivity index (χ0v) is 9.04. The van der Waals surface area contributed by atoms with E-state index in [9.17, 15) is 0 Å². The fourth-order valence-electron chi connectivity index (χ4n) is 1.64. The fraction of sp³-hybridized carbons (Fsp3) is 0. The second-order valence-electron chi connectivity index (χ2n) is 3.57. The molecule has 0 radical (unpaired) electrons. The Balaban J connectivity index is 1.95. The van der Waals surface area contributed by atoms with E-state index in [1.54, 1.807) is 18.6 Å². The Kier molecular flexibility index (Phi) is 2.34. The van der Waals surface area contributed by atoms with Crippen LogP contribution in [-0.2, 0) is 0 Å². The Bertz CT molecular complexity index is 582. The number of imidazole rings is 1. The lowest BCUT2D eigenvalue weighted by molar-refractivity contribution is 1.06. The van der Waals surface area contributed by atoms with Crippen molar-refractivity contribution >= 4 is 11.6 Å². The molecular weight excluding hydrogens is 214 g/mol. The summed E-state index contributed by atoms with van der Waals surface area (Å²) in [7, 11) is 0. The van der Waals surface area contributed by atoms with Crippen LogP contribution in [0.15, 0.2) is 55.1 Å². The van der Waals surface area contributed by atoms with Crippen LogP contribution in [0.5, 0.6) is 0 Å². The Labute approximate surface area is 98.1 Å². The van der Waals surface area contributed by atoms with Gasteiger partial charge in [0.05, 0.1) is 11.9 Å². The van der Waals surface area contributed by atoms with Gasteiger partial charge in [0.15, 0.2) is 0 Å². The van der Waals surface area contributed by atoms with E-state index in [1.165, 1.54) is 0 Å². The third-order valence-electron chi connectivity index (χ3n) is 2.43. The molecule has 2 aromatic heterocycles. The molecule has 2 N–H and O–H groups in total. The van der Waals surface area contributed by atoms with Crippen molar-refractivity contribution in [1.82, 2.24) is 19.7 Å². The number of aromatic amines is 1. The molecule has 0 unspecified atom stereocenters. The van der Waals surface area contributed by atoms with Crippen molar-refractivity contribution in [2.75, 3.05) is 5.32 Å². The molecule has 0 saturated heterocycles. The zero-order valence-electron chi connectivity index (χ0n) is 9.04. The van der Waals surface area contributed by atoms with Crippen molar-refractivity contribution in [2.45, 2.75) is 0 Å². The predicted molar refractivity (Wildman–Crippen MR) is 65.4 cm³/mol. The minimum Gasteiger partial charge on any atom is -0.323 e. The summed E-state index contributed by atoms with van der Waals surface area (Å²) in [5.41, 5.74) is 1.95. The van der Waals surface area contributed by atoms with Crippen molar-refractivity contribution in [3.63, 3.8) is 0 Å². The molecule has 1 aromatic carbocycles. The maximum absolute atomic E-state index is 4.28. The van der Waals surface area contributed by atoms with E-state index >= 15 is 0 Å². The van der Waals surface area contributed by atoms with Crippen LogP contribution in [0.2, 0.25) is 0 Å². The summed E-state index contributed by atoms with van der Waals surface area (Å²) in [4.78, 5) is 4.28. The number of hydrogen-bond donors (Lipinski definition) is 2. The van der Waals surface area contributed by atoms with Crippen molar-refractivity contribution in [1.29, 1.82) is 0 Å². The average Bonchev–Trinajstić information content (AvgIpc) is 3.02. The Hall–Kier alpha value is -2.56. The first kappa shape index (κ1) is 9.65. The zero-order chi connectivity index (χ0) is 11.5. The maximum Gasteiger partial charge on any atom is 0.212 e. The van der Waals surface area contributed by atoms with Gasteiger partial charge in [0.1, 0.15) is 0 Å². The third-order valence-corrected chi connectivity index (χ3v) is 2.43.